The number of hydrogen-bond donors (Lipinski definition) is 1. The van der Waals surface area contributed by atoms with E-state index in [2.05, 4.69) is 47.0 Å². The average molecular weight is 353 g/mol. The number of nitrogens with one attached hydrogen (secondary N) is 1. The molecule has 1 N–H and O–H groups in total. The van der Waals surface area contributed by atoms with Crippen molar-refractivity contribution in [2.75, 3.05) is 0 Å². The summed E-state index contributed by atoms with van der Waals surface area (Å²) in [7, 11) is 0. The number of pyridine rings is 1. The van der Waals surface area contributed by atoms with E-state index in [0.717, 1.165) is 5.69 Å². The number of hydrogen-bond acceptors (Lipinski definition) is 3. The van der Waals surface area contributed by atoms with Crippen molar-refractivity contribution in [1.82, 2.24) is 10.3 Å². The van der Waals surface area contributed by atoms with Gasteiger partial charge in [0.15, 0.2) is 0 Å². The molecular weight excluding hydrogens is 335 g/mol. The van der Waals surface area contributed by atoms with Gasteiger partial charge < -0.3 is 10.1 Å². The smallest absolute Gasteiger partial charge is 0.219 e. The molecule has 3 nitrogen and oxygen atoms in total. The van der Waals surface area contributed by atoms with E-state index in [4.69, 9.17) is 4.74 Å². The SMILES string of the molecule is CC(C)(C)NCc1cccc(Oc2ccc(F)cc2Br)n1. The standard InChI is InChI=1S/C16H18BrFN2O/c1-16(2,3)19-10-12-5-4-6-15(20-12)21-14-8-7-11(18)9-13(14)17/h4-9,19H,10H2,1-3H3. The topological polar surface area (TPSA) is 34.1 Å². The average Bonchev–Trinajstić information content (AvgIpc) is 2.39. The fraction of sp³-hybridized carbons (Fsp3) is 0.312. The number of nitrogens with zero attached hydrogens (tertiary/aromatic N) is 1. The van der Waals surface area contributed by atoms with Gasteiger partial charge in [-0.2, -0.15) is 0 Å². The summed E-state index contributed by atoms with van der Waals surface area (Å²) in [5, 5.41) is 3.37. The van der Waals surface area contributed by atoms with E-state index < -0.39 is 0 Å². The third-order valence-electron chi connectivity index (χ3n) is 2.69. The lowest BCUT2D eigenvalue weighted by Crippen LogP contribution is -2.35. The maximum absolute atomic E-state index is 13.1. The molecule has 0 bridgehead atoms. The molecule has 0 unspecified atom stereocenters. The zero-order chi connectivity index (χ0) is 15.5. The molecule has 0 aliphatic heterocycles. The molecule has 1 aromatic heterocycles. The Morgan fingerprint density at radius 1 is 1.24 bits per heavy atom. The van der Waals surface area contributed by atoms with Crippen molar-refractivity contribution in [1.29, 1.82) is 0 Å². The Morgan fingerprint density at radius 3 is 2.67 bits per heavy atom. The van der Waals surface area contributed by atoms with Gasteiger partial charge >= 0.3 is 0 Å². The van der Waals surface area contributed by atoms with E-state index in [0.29, 0.717) is 22.6 Å². The first-order chi connectivity index (χ1) is 9.83. The van der Waals surface area contributed by atoms with Gasteiger partial charge in [0.2, 0.25) is 5.88 Å². The van der Waals surface area contributed by atoms with Crippen LogP contribution in [0.2, 0.25) is 0 Å². The first-order valence-corrected chi connectivity index (χ1v) is 7.47. The minimum Gasteiger partial charge on any atom is -0.438 e. The van der Waals surface area contributed by atoms with Gasteiger partial charge in [0.05, 0.1) is 10.2 Å². The van der Waals surface area contributed by atoms with Crippen LogP contribution in [-0.4, -0.2) is 10.5 Å². The van der Waals surface area contributed by atoms with Crippen molar-refractivity contribution in [2.24, 2.45) is 0 Å². The van der Waals surface area contributed by atoms with Gasteiger partial charge in [0.25, 0.3) is 0 Å². The van der Waals surface area contributed by atoms with Crippen LogP contribution in [0.5, 0.6) is 11.6 Å². The number of aromatic nitrogens is 1. The van der Waals surface area contributed by atoms with E-state index in [1.807, 2.05) is 12.1 Å². The van der Waals surface area contributed by atoms with Gasteiger partial charge in [-0.1, -0.05) is 6.07 Å². The van der Waals surface area contributed by atoms with E-state index >= 15 is 0 Å². The highest BCUT2D eigenvalue weighted by atomic mass is 79.9. The van der Waals surface area contributed by atoms with Gasteiger partial charge in [-0.3, -0.25) is 0 Å². The molecule has 112 valence electrons. The molecule has 0 fully saturated rings. The minimum absolute atomic E-state index is 0.0263. The Kier molecular flexibility index (Phi) is 4.96. The van der Waals surface area contributed by atoms with E-state index in [9.17, 15) is 4.39 Å². The molecule has 2 aromatic rings. The highest BCUT2D eigenvalue weighted by Crippen LogP contribution is 2.29. The Balaban J connectivity index is 2.10. The third kappa shape index (κ3) is 5.10. The molecule has 21 heavy (non-hydrogen) atoms. The molecule has 0 atom stereocenters. The summed E-state index contributed by atoms with van der Waals surface area (Å²) in [5.41, 5.74) is 0.916. The third-order valence-corrected chi connectivity index (χ3v) is 3.31. The summed E-state index contributed by atoms with van der Waals surface area (Å²) in [6.07, 6.45) is 0. The van der Waals surface area contributed by atoms with Gasteiger partial charge in [0.1, 0.15) is 11.6 Å². The second-order valence-electron chi connectivity index (χ2n) is 5.75. The number of halogens is 2. The van der Waals surface area contributed by atoms with E-state index in [-0.39, 0.29) is 11.4 Å². The Bertz CT molecular complexity index is 626. The summed E-state index contributed by atoms with van der Waals surface area (Å²) in [4.78, 5) is 4.44. The molecule has 1 aromatic carbocycles. The number of ether oxygens (including phenoxy) is 1. The van der Waals surface area contributed by atoms with Crippen molar-refractivity contribution < 1.29 is 9.13 Å². The monoisotopic (exact) mass is 352 g/mol. The maximum atomic E-state index is 13.1. The molecule has 0 amide bonds. The quantitative estimate of drug-likeness (QED) is 0.868. The number of benzene rings is 1. The fourth-order valence-corrected chi connectivity index (χ4v) is 2.07. The normalized spacial score (nSPS) is 11.5. The molecule has 0 radical (unpaired) electrons. The van der Waals surface area contributed by atoms with Crippen molar-refractivity contribution in [3.63, 3.8) is 0 Å². The molecule has 0 spiro atoms. The maximum Gasteiger partial charge on any atom is 0.219 e. The van der Waals surface area contributed by atoms with Gasteiger partial charge in [-0.15, -0.1) is 0 Å². The summed E-state index contributed by atoms with van der Waals surface area (Å²) in [5.74, 6) is 0.700. The summed E-state index contributed by atoms with van der Waals surface area (Å²) >= 11 is 3.27. The van der Waals surface area contributed by atoms with Crippen LogP contribution in [-0.2, 0) is 6.54 Å². The van der Waals surface area contributed by atoms with Crippen LogP contribution in [0.15, 0.2) is 40.9 Å². The second-order valence-corrected chi connectivity index (χ2v) is 6.60. The summed E-state index contributed by atoms with van der Waals surface area (Å²) in [6, 6.07) is 9.88. The molecule has 0 aliphatic rings. The van der Waals surface area contributed by atoms with Crippen molar-refractivity contribution in [2.45, 2.75) is 32.9 Å². The Labute approximate surface area is 132 Å². The van der Waals surface area contributed by atoms with Crippen LogP contribution in [0.3, 0.4) is 0 Å². The molecule has 5 heteroatoms. The zero-order valence-corrected chi connectivity index (χ0v) is 13.9. The lowest BCUT2D eigenvalue weighted by molar-refractivity contribution is 0.415. The van der Waals surface area contributed by atoms with Crippen LogP contribution < -0.4 is 10.1 Å². The van der Waals surface area contributed by atoms with Crippen LogP contribution in [0.1, 0.15) is 26.5 Å². The van der Waals surface area contributed by atoms with Crippen LogP contribution in [0.25, 0.3) is 0 Å². The predicted molar refractivity (Wildman–Crippen MR) is 85.0 cm³/mol. The lowest BCUT2D eigenvalue weighted by Gasteiger charge is -2.20. The van der Waals surface area contributed by atoms with Gasteiger partial charge in [0, 0.05) is 18.2 Å². The zero-order valence-electron chi connectivity index (χ0n) is 12.3. The highest BCUT2D eigenvalue weighted by Gasteiger charge is 2.10. The molecule has 1 heterocycles. The minimum atomic E-state index is -0.315. The molecule has 0 aliphatic carbocycles. The van der Waals surface area contributed by atoms with Crippen molar-refractivity contribution in [3.8, 4) is 11.6 Å². The van der Waals surface area contributed by atoms with Crippen molar-refractivity contribution >= 4 is 15.9 Å². The lowest BCUT2D eigenvalue weighted by atomic mass is 10.1. The molecule has 2 rings (SSSR count). The predicted octanol–water partition coefficient (Wildman–Crippen LogP) is 4.66. The largest absolute Gasteiger partial charge is 0.438 e. The Hall–Kier alpha value is -1.46. The van der Waals surface area contributed by atoms with Gasteiger partial charge in [-0.05, 0) is 61.0 Å². The van der Waals surface area contributed by atoms with E-state index in [1.165, 1.54) is 12.1 Å². The van der Waals surface area contributed by atoms with E-state index in [1.54, 1.807) is 12.1 Å². The van der Waals surface area contributed by atoms with Crippen LogP contribution >= 0.6 is 15.9 Å². The van der Waals surface area contributed by atoms with Crippen LogP contribution in [0.4, 0.5) is 4.39 Å². The molecule has 0 saturated heterocycles. The summed E-state index contributed by atoms with van der Waals surface area (Å²) < 4.78 is 19.3. The Morgan fingerprint density at radius 2 is 2.00 bits per heavy atom. The first kappa shape index (κ1) is 15.9. The number of rotatable bonds is 4. The second kappa shape index (κ2) is 6.54. The fourth-order valence-electron chi connectivity index (χ4n) is 1.64. The first-order valence-electron chi connectivity index (χ1n) is 6.67. The molecule has 0 saturated carbocycles. The summed E-state index contributed by atoms with van der Waals surface area (Å²) in [6.45, 7) is 6.96. The van der Waals surface area contributed by atoms with Gasteiger partial charge in [-0.25, -0.2) is 9.37 Å². The van der Waals surface area contributed by atoms with Crippen LogP contribution in [0, 0.1) is 5.82 Å². The molecular formula is C16H18BrFN2O. The highest BCUT2D eigenvalue weighted by molar-refractivity contribution is 9.10. The van der Waals surface area contributed by atoms with Crippen molar-refractivity contribution in [3.05, 3.63) is 52.4 Å².